The third-order valence-electron chi connectivity index (χ3n) is 6.19. The number of anilines is 1. The number of carbonyl (C=O) groups excluding carboxylic acids is 2. The normalized spacial score (nSPS) is 12.5. The molecule has 214 valence electrons. The molecule has 0 saturated carbocycles. The summed E-state index contributed by atoms with van der Waals surface area (Å²) in [7, 11) is -4.19. The number of hydrogen-bond acceptors (Lipinski definition) is 4. The summed E-state index contributed by atoms with van der Waals surface area (Å²) in [5.74, 6) is -1.39. The van der Waals surface area contributed by atoms with Crippen molar-refractivity contribution in [1.29, 1.82) is 0 Å². The van der Waals surface area contributed by atoms with Crippen LogP contribution in [0.1, 0.15) is 45.2 Å². The van der Waals surface area contributed by atoms with E-state index in [9.17, 15) is 22.4 Å². The Balaban J connectivity index is 2.09. The number of hydrogen-bond donors (Lipinski definition) is 1. The maximum Gasteiger partial charge on any atom is 0.264 e. The van der Waals surface area contributed by atoms with Crippen LogP contribution in [0.4, 0.5) is 10.1 Å². The van der Waals surface area contributed by atoms with E-state index in [2.05, 4.69) is 5.32 Å². The minimum atomic E-state index is -4.19. The Morgan fingerprint density at radius 1 is 1.00 bits per heavy atom. The molecular formula is C30H35ClFN3O4S. The molecule has 3 aromatic rings. The van der Waals surface area contributed by atoms with E-state index in [1.54, 1.807) is 50.2 Å². The van der Waals surface area contributed by atoms with Crippen molar-refractivity contribution in [3.05, 3.63) is 94.8 Å². The highest BCUT2D eigenvalue weighted by atomic mass is 35.5. The van der Waals surface area contributed by atoms with Crippen LogP contribution >= 0.6 is 11.6 Å². The molecule has 0 fully saturated rings. The molecule has 0 heterocycles. The number of benzene rings is 3. The first-order valence-corrected chi connectivity index (χ1v) is 14.7. The van der Waals surface area contributed by atoms with Crippen molar-refractivity contribution < 1.29 is 22.4 Å². The number of nitrogens with zero attached hydrogens (tertiary/aromatic N) is 2. The highest BCUT2D eigenvalue weighted by molar-refractivity contribution is 7.92. The zero-order chi connectivity index (χ0) is 29.7. The van der Waals surface area contributed by atoms with Crippen molar-refractivity contribution in [1.82, 2.24) is 10.2 Å². The van der Waals surface area contributed by atoms with Crippen LogP contribution in [0.15, 0.2) is 77.7 Å². The van der Waals surface area contributed by atoms with Crippen LogP contribution in [0.3, 0.4) is 0 Å². The summed E-state index contributed by atoms with van der Waals surface area (Å²) in [6.45, 7) is 8.40. The number of aryl methyl sites for hydroxylation is 1. The summed E-state index contributed by atoms with van der Waals surface area (Å²) in [4.78, 5) is 28.8. The van der Waals surface area contributed by atoms with Gasteiger partial charge in [0.15, 0.2) is 0 Å². The van der Waals surface area contributed by atoms with Gasteiger partial charge in [-0.25, -0.2) is 12.8 Å². The lowest BCUT2D eigenvalue weighted by molar-refractivity contribution is -0.141. The molecule has 40 heavy (non-hydrogen) atoms. The number of rotatable bonds is 10. The van der Waals surface area contributed by atoms with Crippen LogP contribution in [0, 0.1) is 12.7 Å². The largest absolute Gasteiger partial charge is 0.350 e. The molecule has 0 aliphatic carbocycles. The molecule has 1 N–H and O–H groups in total. The predicted molar refractivity (Wildman–Crippen MR) is 156 cm³/mol. The summed E-state index contributed by atoms with van der Waals surface area (Å²) in [6, 6.07) is 17.3. The molecule has 0 aromatic heterocycles. The van der Waals surface area contributed by atoms with Crippen molar-refractivity contribution in [3.8, 4) is 0 Å². The van der Waals surface area contributed by atoms with Crippen molar-refractivity contribution in [3.63, 3.8) is 0 Å². The van der Waals surface area contributed by atoms with Gasteiger partial charge in [0.05, 0.1) is 10.6 Å². The van der Waals surface area contributed by atoms with Gasteiger partial charge < -0.3 is 10.2 Å². The maximum absolute atomic E-state index is 14.1. The average Bonchev–Trinajstić information content (AvgIpc) is 2.88. The zero-order valence-corrected chi connectivity index (χ0v) is 24.9. The molecule has 0 aliphatic heterocycles. The van der Waals surface area contributed by atoms with E-state index in [0.717, 1.165) is 4.31 Å². The SMILES string of the molecule is CCC(C(=O)NC(C)(C)C)N(Cc1ccc(F)cc1)C(=O)CN(c1ccc(Cl)cc1C)S(=O)(=O)c1ccccc1. The third-order valence-corrected chi connectivity index (χ3v) is 8.20. The smallest absolute Gasteiger partial charge is 0.264 e. The van der Waals surface area contributed by atoms with E-state index in [1.807, 2.05) is 20.8 Å². The van der Waals surface area contributed by atoms with Crippen LogP contribution in [0.2, 0.25) is 5.02 Å². The second-order valence-corrected chi connectivity index (χ2v) is 12.9. The Kier molecular flexibility index (Phi) is 9.97. The van der Waals surface area contributed by atoms with Gasteiger partial charge in [-0.2, -0.15) is 0 Å². The first-order chi connectivity index (χ1) is 18.7. The lowest BCUT2D eigenvalue weighted by atomic mass is 10.1. The fourth-order valence-corrected chi connectivity index (χ4v) is 6.02. The van der Waals surface area contributed by atoms with E-state index >= 15 is 0 Å². The Labute approximate surface area is 241 Å². The topological polar surface area (TPSA) is 86.8 Å². The van der Waals surface area contributed by atoms with Gasteiger partial charge >= 0.3 is 0 Å². The summed E-state index contributed by atoms with van der Waals surface area (Å²) in [5, 5.41) is 3.34. The quantitative estimate of drug-likeness (QED) is 0.329. The summed E-state index contributed by atoms with van der Waals surface area (Å²) in [5.41, 5.74) is 0.882. The molecule has 0 saturated heterocycles. The second kappa shape index (κ2) is 12.8. The minimum Gasteiger partial charge on any atom is -0.350 e. The van der Waals surface area contributed by atoms with Crippen LogP contribution in [-0.4, -0.2) is 43.3 Å². The molecule has 10 heteroatoms. The summed E-state index contributed by atoms with van der Waals surface area (Å²) >= 11 is 6.14. The van der Waals surface area contributed by atoms with Gasteiger partial charge in [-0.1, -0.05) is 48.9 Å². The molecule has 3 rings (SSSR count). The molecule has 0 aliphatic rings. The van der Waals surface area contributed by atoms with Crippen molar-refractivity contribution in [2.24, 2.45) is 0 Å². The zero-order valence-electron chi connectivity index (χ0n) is 23.3. The first kappa shape index (κ1) is 31.1. The number of halogens is 2. The second-order valence-electron chi connectivity index (χ2n) is 10.6. The van der Waals surface area contributed by atoms with E-state index in [4.69, 9.17) is 11.6 Å². The number of carbonyl (C=O) groups is 2. The molecule has 0 radical (unpaired) electrons. The van der Waals surface area contributed by atoms with Gasteiger partial charge in [0.1, 0.15) is 18.4 Å². The highest BCUT2D eigenvalue weighted by Gasteiger charge is 2.35. The fraction of sp³-hybridized carbons (Fsp3) is 0.333. The minimum absolute atomic E-state index is 0.0137. The standard InChI is InChI=1S/C30H35ClFN3O4S/c1-6-26(29(37)33-30(3,4)5)34(19-22-12-15-24(32)16-13-22)28(36)20-35(27-17-14-23(31)18-21(27)2)40(38,39)25-10-8-7-9-11-25/h7-18,26H,6,19-20H2,1-5H3,(H,33,37). The first-order valence-electron chi connectivity index (χ1n) is 12.9. The summed E-state index contributed by atoms with van der Waals surface area (Å²) < 4.78 is 42.4. The Morgan fingerprint density at radius 3 is 2.17 bits per heavy atom. The lowest BCUT2D eigenvalue weighted by Gasteiger charge is -2.35. The maximum atomic E-state index is 14.1. The van der Waals surface area contributed by atoms with Gasteiger partial charge in [0, 0.05) is 17.1 Å². The van der Waals surface area contributed by atoms with Crippen LogP contribution in [0.5, 0.6) is 0 Å². The number of nitrogens with one attached hydrogen (secondary N) is 1. The molecule has 7 nitrogen and oxygen atoms in total. The van der Waals surface area contributed by atoms with Gasteiger partial charge in [0.25, 0.3) is 10.0 Å². The van der Waals surface area contributed by atoms with E-state index in [-0.39, 0.29) is 29.5 Å². The summed E-state index contributed by atoms with van der Waals surface area (Å²) in [6.07, 6.45) is 0.278. The van der Waals surface area contributed by atoms with Crippen molar-refractivity contribution in [2.75, 3.05) is 10.8 Å². The Morgan fingerprint density at radius 2 is 1.62 bits per heavy atom. The van der Waals surface area contributed by atoms with E-state index < -0.39 is 39.9 Å². The van der Waals surface area contributed by atoms with Crippen LogP contribution in [-0.2, 0) is 26.2 Å². The van der Waals surface area contributed by atoms with E-state index in [0.29, 0.717) is 16.1 Å². The fourth-order valence-electron chi connectivity index (χ4n) is 4.29. The van der Waals surface area contributed by atoms with Crippen LogP contribution in [0.25, 0.3) is 0 Å². The third kappa shape index (κ3) is 7.82. The molecule has 3 aromatic carbocycles. The molecule has 0 spiro atoms. The Bertz CT molecular complexity index is 1440. The van der Waals surface area contributed by atoms with E-state index in [1.165, 1.54) is 41.3 Å². The monoisotopic (exact) mass is 587 g/mol. The Hall–Kier alpha value is -3.43. The highest BCUT2D eigenvalue weighted by Crippen LogP contribution is 2.29. The number of sulfonamides is 1. The lowest BCUT2D eigenvalue weighted by Crippen LogP contribution is -2.55. The number of amides is 2. The average molecular weight is 588 g/mol. The molecular weight excluding hydrogens is 553 g/mol. The van der Waals surface area contributed by atoms with Crippen molar-refractivity contribution >= 4 is 39.1 Å². The van der Waals surface area contributed by atoms with Gasteiger partial charge in [-0.05, 0) is 87.7 Å². The van der Waals surface area contributed by atoms with Gasteiger partial charge in [0.2, 0.25) is 11.8 Å². The molecule has 0 bridgehead atoms. The predicted octanol–water partition coefficient (Wildman–Crippen LogP) is 5.70. The van der Waals surface area contributed by atoms with Gasteiger partial charge in [-0.15, -0.1) is 0 Å². The molecule has 2 amide bonds. The molecule has 1 unspecified atom stereocenters. The van der Waals surface area contributed by atoms with Crippen LogP contribution < -0.4 is 9.62 Å². The molecule has 1 atom stereocenters. The van der Waals surface area contributed by atoms with Gasteiger partial charge in [-0.3, -0.25) is 13.9 Å². The van der Waals surface area contributed by atoms with Crippen molar-refractivity contribution in [2.45, 2.75) is 64.1 Å².